The van der Waals surface area contributed by atoms with Crippen LogP contribution in [0.5, 0.6) is 0 Å². The minimum Gasteiger partial charge on any atom is -0.337 e. The third-order valence-electron chi connectivity index (χ3n) is 3.51. The summed E-state index contributed by atoms with van der Waals surface area (Å²) in [5.74, 6) is 0.889. The van der Waals surface area contributed by atoms with Gasteiger partial charge in [-0.25, -0.2) is 4.98 Å². The highest BCUT2D eigenvalue weighted by molar-refractivity contribution is 4.97. The van der Waals surface area contributed by atoms with Crippen LogP contribution in [0.1, 0.15) is 37.8 Å². The van der Waals surface area contributed by atoms with Crippen LogP contribution in [0.2, 0.25) is 0 Å². The Morgan fingerprint density at radius 3 is 2.94 bits per heavy atom. The van der Waals surface area contributed by atoms with E-state index in [2.05, 4.69) is 21.1 Å². The number of nitrogens with one attached hydrogen (secondary N) is 1. The molecular formula is C13H23N3. The molecule has 3 heteroatoms. The minimum absolute atomic E-state index is 0.889. The van der Waals surface area contributed by atoms with E-state index in [1.54, 1.807) is 0 Å². The molecule has 16 heavy (non-hydrogen) atoms. The van der Waals surface area contributed by atoms with Gasteiger partial charge >= 0.3 is 0 Å². The summed E-state index contributed by atoms with van der Waals surface area (Å²) < 4.78 is 2.28. The predicted molar refractivity (Wildman–Crippen MR) is 66.4 cm³/mol. The third kappa shape index (κ3) is 3.34. The molecule has 0 spiro atoms. The molecule has 1 saturated carbocycles. The number of nitrogens with zero attached hydrogens (tertiary/aromatic N) is 2. The Bertz CT molecular complexity index is 300. The van der Waals surface area contributed by atoms with E-state index in [4.69, 9.17) is 0 Å². The standard InChI is InChI=1S/C13H23N3/c1-14-8-7-13-10-16(11-15-13)9-12-5-3-2-4-6-12/h10-12,14H,2-9H2,1H3. The minimum atomic E-state index is 0.889. The molecule has 0 saturated heterocycles. The van der Waals surface area contributed by atoms with Gasteiger partial charge in [0.15, 0.2) is 0 Å². The van der Waals surface area contributed by atoms with Crippen LogP contribution in [0.4, 0.5) is 0 Å². The van der Waals surface area contributed by atoms with Crippen LogP contribution in [0.3, 0.4) is 0 Å². The molecule has 0 radical (unpaired) electrons. The first-order valence-electron chi connectivity index (χ1n) is 6.53. The molecule has 0 atom stereocenters. The number of imidazole rings is 1. The second-order valence-corrected chi connectivity index (χ2v) is 4.92. The molecule has 1 aliphatic carbocycles. The molecule has 3 nitrogen and oxygen atoms in total. The molecule has 1 aromatic rings. The highest BCUT2D eigenvalue weighted by Crippen LogP contribution is 2.24. The second kappa shape index (κ2) is 6.04. The van der Waals surface area contributed by atoms with E-state index < -0.39 is 0 Å². The fourth-order valence-electron chi connectivity index (χ4n) is 2.56. The number of rotatable bonds is 5. The van der Waals surface area contributed by atoms with Crippen LogP contribution >= 0.6 is 0 Å². The van der Waals surface area contributed by atoms with Gasteiger partial charge in [-0.1, -0.05) is 19.3 Å². The first-order valence-corrected chi connectivity index (χ1v) is 6.53. The lowest BCUT2D eigenvalue weighted by atomic mass is 9.89. The molecule has 1 heterocycles. The zero-order valence-electron chi connectivity index (χ0n) is 10.3. The summed E-state index contributed by atoms with van der Waals surface area (Å²) in [5.41, 5.74) is 1.21. The van der Waals surface area contributed by atoms with E-state index in [1.165, 1.54) is 44.3 Å². The maximum Gasteiger partial charge on any atom is 0.0949 e. The average molecular weight is 221 g/mol. The first-order chi connectivity index (χ1) is 7.88. The van der Waals surface area contributed by atoms with Crippen molar-refractivity contribution in [2.45, 2.75) is 45.1 Å². The molecule has 0 amide bonds. The van der Waals surface area contributed by atoms with Crippen molar-refractivity contribution in [2.75, 3.05) is 13.6 Å². The second-order valence-electron chi connectivity index (χ2n) is 4.92. The molecular weight excluding hydrogens is 198 g/mol. The van der Waals surface area contributed by atoms with Crippen LogP contribution in [-0.2, 0) is 13.0 Å². The van der Waals surface area contributed by atoms with E-state index in [0.29, 0.717) is 0 Å². The van der Waals surface area contributed by atoms with E-state index in [0.717, 1.165) is 18.9 Å². The van der Waals surface area contributed by atoms with Gasteiger partial charge in [-0.3, -0.25) is 0 Å². The molecule has 1 fully saturated rings. The van der Waals surface area contributed by atoms with Gasteiger partial charge in [0.1, 0.15) is 0 Å². The molecule has 0 aliphatic heterocycles. The van der Waals surface area contributed by atoms with E-state index in [1.807, 2.05) is 13.4 Å². The van der Waals surface area contributed by atoms with Crippen molar-refractivity contribution in [1.29, 1.82) is 0 Å². The Labute approximate surface area is 98.3 Å². The number of hydrogen-bond donors (Lipinski definition) is 1. The fraction of sp³-hybridized carbons (Fsp3) is 0.769. The average Bonchev–Trinajstić information content (AvgIpc) is 2.75. The highest BCUT2D eigenvalue weighted by atomic mass is 15.0. The number of aromatic nitrogens is 2. The van der Waals surface area contributed by atoms with Crippen molar-refractivity contribution < 1.29 is 0 Å². The van der Waals surface area contributed by atoms with Gasteiger partial charge in [-0.2, -0.15) is 0 Å². The molecule has 2 rings (SSSR count). The zero-order valence-corrected chi connectivity index (χ0v) is 10.3. The van der Waals surface area contributed by atoms with Crippen molar-refractivity contribution in [2.24, 2.45) is 5.92 Å². The molecule has 0 bridgehead atoms. The van der Waals surface area contributed by atoms with Crippen LogP contribution in [-0.4, -0.2) is 23.1 Å². The lowest BCUT2D eigenvalue weighted by molar-refractivity contribution is 0.319. The topological polar surface area (TPSA) is 29.9 Å². The molecule has 1 aliphatic rings. The number of hydrogen-bond acceptors (Lipinski definition) is 2. The lowest BCUT2D eigenvalue weighted by Crippen LogP contribution is -2.13. The molecule has 1 aromatic heterocycles. The summed E-state index contributed by atoms with van der Waals surface area (Å²) >= 11 is 0. The monoisotopic (exact) mass is 221 g/mol. The normalized spacial score (nSPS) is 17.8. The van der Waals surface area contributed by atoms with Gasteiger partial charge in [0.2, 0.25) is 0 Å². The van der Waals surface area contributed by atoms with Gasteiger partial charge in [0, 0.05) is 25.7 Å². The fourth-order valence-corrected chi connectivity index (χ4v) is 2.56. The Kier molecular flexibility index (Phi) is 4.40. The first kappa shape index (κ1) is 11.6. The number of likely N-dealkylation sites (N-methyl/N-ethyl adjacent to an activating group) is 1. The summed E-state index contributed by atoms with van der Waals surface area (Å²) in [7, 11) is 1.99. The molecule has 0 unspecified atom stereocenters. The highest BCUT2D eigenvalue weighted by Gasteiger charge is 2.13. The Morgan fingerprint density at radius 2 is 2.19 bits per heavy atom. The van der Waals surface area contributed by atoms with E-state index in [-0.39, 0.29) is 0 Å². The quantitative estimate of drug-likeness (QED) is 0.826. The molecule has 1 N–H and O–H groups in total. The largest absolute Gasteiger partial charge is 0.337 e. The summed E-state index contributed by atoms with van der Waals surface area (Å²) in [6.45, 7) is 2.19. The van der Waals surface area contributed by atoms with Crippen LogP contribution in [0, 0.1) is 5.92 Å². The van der Waals surface area contributed by atoms with Crippen molar-refractivity contribution in [3.05, 3.63) is 18.2 Å². The van der Waals surface area contributed by atoms with Gasteiger partial charge < -0.3 is 9.88 Å². The van der Waals surface area contributed by atoms with Gasteiger partial charge in [-0.05, 0) is 25.8 Å². The van der Waals surface area contributed by atoms with Gasteiger partial charge in [0.25, 0.3) is 0 Å². The maximum atomic E-state index is 4.44. The van der Waals surface area contributed by atoms with Crippen molar-refractivity contribution in [3.8, 4) is 0 Å². The van der Waals surface area contributed by atoms with Crippen LogP contribution in [0.25, 0.3) is 0 Å². The summed E-state index contributed by atoms with van der Waals surface area (Å²) in [6, 6.07) is 0. The summed E-state index contributed by atoms with van der Waals surface area (Å²) in [4.78, 5) is 4.44. The van der Waals surface area contributed by atoms with Crippen LogP contribution < -0.4 is 5.32 Å². The predicted octanol–water partition coefficient (Wildman–Crippen LogP) is 2.23. The summed E-state index contributed by atoms with van der Waals surface area (Å²) in [6.07, 6.45) is 12.3. The van der Waals surface area contributed by atoms with Crippen molar-refractivity contribution in [3.63, 3.8) is 0 Å². The smallest absolute Gasteiger partial charge is 0.0949 e. The van der Waals surface area contributed by atoms with Crippen LogP contribution in [0.15, 0.2) is 12.5 Å². The Hall–Kier alpha value is -0.830. The molecule has 90 valence electrons. The lowest BCUT2D eigenvalue weighted by Gasteiger charge is -2.21. The maximum absolute atomic E-state index is 4.44. The third-order valence-corrected chi connectivity index (χ3v) is 3.51. The van der Waals surface area contributed by atoms with Gasteiger partial charge in [-0.15, -0.1) is 0 Å². The molecule has 0 aromatic carbocycles. The summed E-state index contributed by atoms with van der Waals surface area (Å²) in [5, 5.41) is 3.16. The zero-order chi connectivity index (χ0) is 11.2. The van der Waals surface area contributed by atoms with Crippen molar-refractivity contribution in [1.82, 2.24) is 14.9 Å². The Morgan fingerprint density at radius 1 is 1.38 bits per heavy atom. The van der Waals surface area contributed by atoms with E-state index >= 15 is 0 Å². The Balaban J connectivity index is 1.81. The SMILES string of the molecule is CNCCc1cn(CC2CCCCC2)cn1. The van der Waals surface area contributed by atoms with E-state index in [9.17, 15) is 0 Å². The van der Waals surface area contributed by atoms with Gasteiger partial charge in [0.05, 0.1) is 12.0 Å². The van der Waals surface area contributed by atoms with Crippen molar-refractivity contribution >= 4 is 0 Å².